The first-order valence-corrected chi connectivity index (χ1v) is 5.95. The normalized spacial score (nSPS) is 10.4. The van der Waals surface area contributed by atoms with Crippen molar-refractivity contribution in [3.8, 4) is 0 Å². The van der Waals surface area contributed by atoms with Gasteiger partial charge in [-0.2, -0.15) is 10.2 Å². The van der Waals surface area contributed by atoms with Gasteiger partial charge in [0.05, 0.1) is 10.6 Å². The second-order valence-electron chi connectivity index (χ2n) is 3.85. The molecule has 2 aromatic rings. The summed E-state index contributed by atoms with van der Waals surface area (Å²) in [6.45, 7) is 0.824. The SMILES string of the molecule is O=[N+]([O-])c1ccc(Cl)cc1CNCc1cccnn1. The third-order valence-electron chi connectivity index (χ3n) is 2.49. The van der Waals surface area contributed by atoms with E-state index in [0.29, 0.717) is 23.7 Å². The Morgan fingerprint density at radius 1 is 1.32 bits per heavy atom. The van der Waals surface area contributed by atoms with Crippen LogP contribution in [0.15, 0.2) is 36.5 Å². The van der Waals surface area contributed by atoms with E-state index in [1.54, 1.807) is 18.3 Å². The Hall–Kier alpha value is -2.05. The Balaban J connectivity index is 2.03. The van der Waals surface area contributed by atoms with Gasteiger partial charge in [-0.05, 0) is 24.3 Å². The van der Waals surface area contributed by atoms with E-state index in [9.17, 15) is 10.1 Å². The summed E-state index contributed by atoms with van der Waals surface area (Å²) in [5, 5.41) is 22.1. The molecule has 98 valence electrons. The van der Waals surface area contributed by atoms with Gasteiger partial charge < -0.3 is 5.32 Å². The van der Waals surface area contributed by atoms with Gasteiger partial charge in [0.1, 0.15) is 0 Å². The van der Waals surface area contributed by atoms with Gasteiger partial charge >= 0.3 is 0 Å². The minimum atomic E-state index is -0.421. The van der Waals surface area contributed by atoms with Crippen molar-refractivity contribution in [1.29, 1.82) is 0 Å². The summed E-state index contributed by atoms with van der Waals surface area (Å²) >= 11 is 5.84. The Morgan fingerprint density at radius 2 is 2.16 bits per heavy atom. The molecule has 2 rings (SSSR count). The molecule has 1 aromatic carbocycles. The van der Waals surface area contributed by atoms with E-state index in [1.165, 1.54) is 12.1 Å². The molecule has 0 unspecified atom stereocenters. The highest BCUT2D eigenvalue weighted by Gasteiger charge is 2.13. The molecule has 1 N–H and O–H groups in total. The smallest absolute Gasteiger partial charge is 0.273 e. The van der Waals surface area contributed by atoms with Gasteiger partial charge in [0.25, 0.3) is 5.69 Å². The number of nitrogens with zero attached hydrogens (tertiary/aromatic N) is 3. The van der Waals surface area contributed by atoms with Gasteiger partial charge in [0.15, 0.2) is 0 Å². The van der Waals surface area contributed by atoms with Crippen LogP contribution < -0.4 is 5.32 Å². The minimum absolute atomic E-state index is 0.0519. The number of nitro benzene ring substituents is 1. The second kappa shape index (κ2) is 6.21. The maximum atomic E-state index is 10.9. The van der Waals surface area contributed by atoms with Crippen molar-refractivity contribution < 1.29 is 4.92 Å². The monoisotopic (exact) mass is 278 g/mol. The summed E-state index contributed by atoms with van der Waals surface area (Å²) in [4.78, 5) is 10.5. The topological polar surface area (TPSA) is 81.0 Å². The fourth-order valence-electron chi connectivity index (χ4n) is 1.63. The number of rotatable bonds is 5. The minimum Gasteiger partial charge on any atom is -0.307 e. The third-order valence-corrected chi connectivity index (χ3v) is 2.72. The standard InChI is InChI=1S/C12H11ClN4O2/c13-10-3-4-12(17(18)19)9(6-10)7-14-8-11-2-1-5-15-16-11/h1-6,14H,7-8H2. The van der Waals surface area contributed by atoms with Crippen molar-refractivity contribution in [2.45, 2.75) is 13.1 Å². The summed E-state index contributed by atoms with van der Waals surface area (Å²) in [7, 11) is 0. The molecule has 0 bridgehead atoms. The molecule has 0 saturated carbocycles. The van der Waals surface area contributed by atoms with E-state index in [1.807, 2.05) is 6.07 Å². The first-order chi connectivity index (χ1) is 9.16. The number of aromatic nitrogens is 2. The Morgan fingerprint density at radius 3 is 2.84 bits per heavy atom. The van der Waals surface area contributed by atoms with Gasteiger partial charge in [0.2, 0.25) is 0 Å². The van der Waals surface area contributed by atoms with E-state index >= 15 is 0 Å². The molecule has 0 atom stereocenters. The van der Waals surface area contributed by atoms with Crippen LogP contribution in [0.4, 0.5) is 5.69 Å². The zero-order valence-electron chi connectivity index (χ0n) is 9.91. The highest BCUT2D eigenvalue weighted by Crippen LogP contribution is 2.22. The van der Waals surface area contributed by atoms with Gasteiger partial charge in [-0.1, -0.05) is 11.6 Å². The van der Waals surface area contributed by atoms with Crippen LogP contribution >= 0.6 is 11.6 Å². The molecule has 0 amide bonds. The molecule has 0 fully saturated rings. The lowest BCUT2D eigenvalue weighted by atomic mass is 10.2. The van der Waals surface area contributed by atoms with Crippen LogP contribution in [0.25, 0.3) is 0 Å². The van der Waals surface area contributed by atoms with Crippen LogP contribution in [0.5, 0.6) is 0 Å². The quantitative estimate of drug-likeness (QED) is 0.670. The maximum absolute atomic E-state index is 10.9. The number of nitrogens with one attached hydrogen (secondary N) is 1. The predicted octanol–water partition coefficient (Wildman–Crippen LogP) is 2.33. The molecule has 0 saturated heterocycles. The average molecular weight is 279 g/mol. The van der Waals surface area contributed by atoms with Crippen LogP contribution in [-0.2, 0) is 13.1 Å². The van der Waals surface area contributed by atoms with Crippen molar-refractivity contribution >= 4 is 17.3 Å². The number of hydrogen-bond acceptors (Lipinski definition) is 5. The van der Waals surface area contributed by atoms with Gasteiger partial charge in [-0.3, -0.25) is 10.1 Å². The lowest BCUT2D eigenvalue weighted by Gasteiger charge is -2.05. The summed E-state index contributed by atoms with van der Waals surface area (Å²) in [5.41, 5.74) is 1.37. The van der Waals surface area contributed by atoms with Crippen molar-refractivity contribution in [3.05, 3.63) is 62.9 Å². The number of halogens is 1. The zero-order valence-corrected chi connectivity index (χ0v) is 10.7. The lowest BCUT2D eigenvalue weighted by molar-refractivity contribution is -0.385. The third kappa shape index (κ3) is 3.70. The lowest BCUT2D eigenvalue weighted by Crippen LogP contribution is -2.15. The van der Waals surface area contributed by atoms with Crippen molar-refractivity contribution in [2.24, 2.45) is 0 Å². The van der Waals surface area contributed by atoms with Crippen LogP contribution in [-0.4, -0.2) is 15.1 Å². The summed E-state index contributed by atoms with van der Waals surface area (Å²) in [6, 6.07) is 8.11. The number of nitro groups is 1. The first-order valence-electron chi connectivity index (χ1n) is 5.57. The summed E-state index contributed by atoms with van der Waals surface area (Å²) in [5.74, 6) is 0. The molecule has 6 nitrogen and oxygen atoms in total. The molecule has 19 heavy (non-hydrogen) atoms. The largest absolute Gasteiger partial charge is 0.307 e. The van der Waals surface area contributed by atoms with Crippen molar-refractivity contribution in [1.82, 2.24) is 15.5 Å². The van der Waals surface area contributed by atoms with Crippen LogP contribution in [0.2, 0.25) is 5.02 Å². The van der Waals surface area contributed by atoms with Crippen molar-refractivity contribution in [3.63, 3.8) is 0 Å². The van der Waals surface area contributed by atoms with E-state index < -0.39 is 4.92 Å². The van der Waals surface area contributed by atoms with Gasteiger partial charge in [0, 0.05) is 35.9 Å². The molecular weight excluding hydrogens is 268 g/mol. The first kappa shape index (κ1) is 13.4. The highest BCUT2D eigenvalue weighted by molar-refractivity contribution is 6.30. The molecule has 1 heterocycles. The van der Waals surface area contributed by atoms with Crippen LogP contribution in [0.3, 0.4) is 0 Å². The molecule has 0 aliphatic heterocycles. The van der Waals surface area contributed by atoms with E-state index in [-0.39, 0.29) is 5.69 Å². The summed E-state index contributed by atoms with van der Waals surface area (Å²) in [6.07, 6.45) is 1.59. The predicted molar refractivity (Wildman–Crippen MR) is 70.7 cm³/mol. The molecule has 0 aliphatic rings. The highest BCUT2D eigenvalue weighted by atomic mass is 35.5. The van der Waals surface area contributed by atoms with E-state index in [4.69, 9.17) is 11.6 Å². The zero-order chi connectivity index (χ0) is 13.7. The molecule has 0 spiro atoms. The van der Waals surface area contributed by atoms with Crippen molar-refractivity contribution in [2.75, 3.05) is 0 Å². The molecule has 0 radical (unpaired) electrons. The Bertz CT molecular complexity index is 577. The van der Waals surface area contributed by atoms with Gasteiger partial charge in [-0.25, -0.2) is 0 Å². The van der Waals surface area contributed by atoms with Gasteiger partial charge in [-0.15, -0.1) is 0 Å². The maximum Gasteiger partial charge on any atom is 0.273 e. The molecule has 7 heteroatoms. The van der Waals surface area contributed by atoms with E-state index in [0.717, 1.165) is 5.69 Å². The van der Waals surface area contributed by atoms with Crippen LogP contribution in [0, 0.1) is 10.1 Å². The summed E-state index contributed by atoms with van der Waals surface area (Å²) < 4.78 is 0. The fourth-order valence-corrected chi connectivity index (χ4v) is 1.82. The average Bonchev–Trinajstić information content (AvgIpc) is 2.39. The fraction of sp³-hybridized carbons (Fsp3) is 0.167. The number of hydrogen-bond donors (Lipinski definition) is 1. The molecular formula is C12H11ClN4O2. The molecule has 1 aromatic heterocycles. The van der Waals surface area contributed by atoms with E-state index in [2.05, 4.69) is 15.5 Å². The Labute approximate surface area is 114 Å². The molecule has 0 aliphatic carbocycles. The number of benzene rings is 1. The second-order valence-corrected chi connectivity index (χ2v) is 4.29. The van der Waals surface area contributed by atoms with Crippen LogP contribution in [0.1, 0.15) is 11.3 Å². The Kier molecular flexibility index (Phi) is 4.38.